The van der Waals surface area contributed by atoms with Gasteiger partial charge in [-0.1, -0.05) is 41.5 Å². The van der Waals surface area contributed by atoms with E-state index in [9.17, 15) is 5.11 Å². The van der Waals surface area contributed by atoms with Crippen LogP contribution in [0.5, 0.6) is 5.75 Å². The molecule has 20 heavy (non-hydrogen) atoms. The highest BCUT2D eigenvalue weighted by Crippen LogP contribution is 2.40. The van der Waals surface area contributed by atoms with Gasteiger partial charge >= 0.3 is 0 Å². The van der Waals surface area contributed by atoms with Gasteiger partial charge in [0.05, 0.1) is 12.1 Å². The minimum Gasteiger partial charge on any atom is -0.507 e. The SMILES string of the molecule is CC(C)(C)c1cc(C(C#N)C#N)cc(C(C)(C)C)c1O. The minimum absolute atomic E-state index is 0.254. The highest BCUT2D eigenvalue weighted by molar-refractivity contribution is 5.52. The molecule has 1 aromatic carbocycles. The Morgan fingerprint density at radius 2 is 1.25 bits per heavy atom. The van der Waals surface area contributed by atoms with Crippen LogP contribution in [-0.4, -0.2) is 5.11 Å². The molecule has 0 heterocycles. The Hall–Kier alpha value is -2.00. The molecule has 0 aliphatic rings. The van der Waals surface area contributed by atoms with E-state index in [0.717, 1.165) is 11.1 Å². The largest absolute Gasteiger partial charge is 0.507 e. The number of phenolic OH excluding ortho intramolecular Hbond substituents is 1. The van der Waals surface area contributed by atoms with Gasteiger partial charge in [0.1, 0.15) is 5.75 Å². The lowest BCUT2D eigenvalue weighted by atomic mass is 9.77. The van der Waals surface area contributed by atoms with Crippen molar-refractivity contribution in [2.45, 2.75) is 58.3 Å². The van der Waals surface area contributed by atoms with Crippen molar-refractivity contribution in [2.24, 2.45) is 0 Å². The van der Waals surface area contributed by atoms with Gasteiger partial charge in [0.15, 0.2) is 5.92 Å². The molecule has 0 fully saturated rings. The van der Waals surface area contributed by atoms with Crippen molar-refractivity contribution in [1.29, 1.82) is 10.5 Å². The lowest BCUT2D eigenvalue weighted by molar-refractivity contribution is 0.422. The maximum absolute atomic E-state index is 10.5. The number of phenols is 1. The fourth-order valence-corrected chi connectivity index (χ4v) is 2.14. The van der Waals surface area contributed by atoms with Crippen molar-refractivity contribution >= 4 is 0 Å². The van der Waals surface area contributed by atoms with Crippen LogP contribution in [0.15, 0.2) is 12.1 Å². The quantitative estimate of drug-likeness (QED) is 0.834. The van der Waals surface area contributed by atoms with Gasteiger partial charge in [0.2, 0.25) is 0 Å². The van der Waals surface area contributed by atoms with E-state index in [1.54, 1.807) is 12.1 Å². The summed E-state index contributed by atoms with van der Waals surface area (Å²) in [5, 5.41) is 28.7. The molecule has 0 aliphatic carbocycles. The fourth-order valence-electron chi connectivity index (χ4n) is 2.14. The van der Waals surface area contributed by atoms with E-state index in [2.05, 4.69) is 0 Å². The van der Waals surface area contributed by atoms with Crippen molar-refractivity contribution in [3.63, 3.8) is 0 Å². The summed E-state index contributed by atoms with van der Waals surface area (Å²) in [7, 11) is 0. The number of nitrogens with zero attached hydrogens (tertiary/aromatic N) is 2. The van der Waals surface area contributed by atoms with E-state index < -0.39 is 5.92 Å². The Morgan fingerprint density at radius 1 is 0.900 bits per heavy atom. The first kappa shape index (κ1) is 16.1. The molecular weight excluding hydrogens is 248 g/mol. The Labute approximate surface area is 121 Å². The van der Waals surface area contributed by atoms with Crippen LogP contribution in [0, 0.1) is 22.7 Å². The summed E-state index contributed by atoms with van der Waals surface area (Å²) in [6, 6.07) is 7.56. The second-order valence-electron chi connectivity index (χ2n) is 7.16. The number of nitriles is 2. The van der Waals surface area contributed by atoms with Gasteiger partial charge in [-0.2, -0.15) is 10.5 Å². The highest BCUT2D eigenvalue weighted by atomic mass is 16.3. The molecule has 0 radical (unpaired) electrons. The second kappa shape index (κ2) is 5.17. The minimum atomic E-state index is -0.808. The first-order valence-electron chi connectivity index (χ1n) is 6.69. The summed E-state index contributed by atoms with van der Waals surface area (Å²) in [5.74, 6) is -0.541. The monoisotopic (exact) mass is 270 g/mol. The Kier molecular flexibility index (Phi) is 4.15. The van der Waals surface area contributed by atoms with Crippen LogP contribution in [0.3, 0.4) is 0 Å². The number of rotatable bonds is 1. The highest BCUT2D eigenvalue weighted by Gasteiger charge is 2.28. The first-order valence-corrected chi connectivity index (χ1v) is 6.69. The van der Waals surface area contributed by atoms with Crippen LogP contribution in [0.25, 0.3) is 0 Å². The smallest absolute Gasteiger partial charge is 0.158 e. The Morgan fingerprint density at radius 3 is 1.50 bits per heavy atom. The predicted molar refractivity (Wildman–Crippen MR) is 79.5 cm³/mol. The number of aromatic hydroxyl groups is 1. The normalized spacial score (nSPS) is 12.1. The standard InChI is InChI=1S/C17H22N2O/c1-16(2,3)13-7-11(12(9-18)10-19)8-14(15(13)20)17(4,5)6/h7-8,12,20H,1-6H3. The fraction of sp³-hybridized carbons (Fsp3) is 0.529. The summed E-state index contributed by atoms with van der Waals surface area (Å²) in [5.41, 5.74) is 1.69. The van der Waals surface area contributed by atoms with Crippen molar-refractivity contribution in [3.8, 4) is 17.9 Å². The molecule has 106 valence electrons. The molecule has 3 nitrogen and oxygen atoms in total. The first-order chi connectivity index (χ1) is 9.02. The zero-order valence-electron chi connectivity index (χ0n) is 13.1. The molecule has 0 saturated heterocycles. The summed E-state index contributed by atoms with van der Waals surface area (Å²) < 4.78 is 0. The summed E-state index contributed by atoms with van der Waals surface area (Å²) in [4.78, 5) is 0. The average molecular weight is 270 g/mol. The van der Waals surface area contributed by atoms with Crippen LogP contribution in [0.2, 0.25) is 0 Å². The van der Waals surface area contributed by atoms with Gasteiger partial charge in [-0.25, -0.2) is 0 Å². The maximum atomic E-state index is 10.5. The van der Waals surface area contributed by atoms with Gasteiger partial charge in [-0.3, -0.25) is 0 Å². The number of hydrogen-bond acceptors (Lipinski definition) is 3. The Balaban J connectivity index is 3.69. The third-order valence-electron chi connectivity index (χ3n) is 3.34. The van der Waals surface area contributed by atoms with E-state index in [4.69, 9.17) is 10.5 Å². The third kappa shape index (κ3) is 3.11. The van der Waals surface area contributed by atoms with Gasteiger partial charge in [0, 0.05) is 0 Å². The molecule has 3 heteroatoms. The van der Waals surface area contributed by atoms with Crippen LogP contribution >= 0.6 is 0 Å². The van der Waals surface area contributed by atoms with E-state index in [0.29, 0.717) is 5.56 Å². The van der Waals surface area contributed by atoms with Gasteiger partial charge in [-0.15, -0.1) is 0 Å². The molecule has 0 amide bonds. The summed E-state index contributed by atoms with van der Waals surface area (Å²) in [6.07, 6.45) is 0. The maximum Gasteiger partial charge on any atom is 0.158 e. The predicted octanol–water partition coefficient (Wildman–Crippen LogP) is 4.12. The molecule has 0 unspecified atom stereocenters. The molecular formula is C17H22N2O. The van der Waals surface area contributed by atoms with Gasteiger partial charge < -0.3 is 5.11 Å². The summed E-state index contributed by atoms with van der Waals surface area (Å²) in [6.45, 7) is 12.0. The molecule has 1 aromatic rings. The van der Waals surface area contributed by atoms with Crippen LogP contribution in [0.1, 0.15) is 64.2 Å². The van der Waals surface area contributed by atoms with Crippen molar-refractivity contribution in [3.05, 3.63) is 28.8 Å². The molecule has 0 aromatic heterocycles. The van der Waals surface area contributed by atoms with Crippen LogP contribution in [0.4, 0.5) is 0 Å². The lowest BCUT2D eigenvalue weighted by Gasteiger charge is -2.28. The molecule has 0 bridgehead atoms. The zero-order chi connectivity index (χ0) is 15.7. The summed E-state index contributed by atoms with van der Waals surface area (Å²) >= 11 is 0. The third-order valence-corrected chi connectivity index (χ3v) is 3.34. The molecule has 1 N–H and O–H groups in total. The van der Waals surface area contributed by atoms with Crippen molar-refractivity contribution in [1.82, 2.24) is 0 Å². The van der Waals surface area contributed by atoms with Crippen LogP contribution < -0.4 is 0 Å². The molecule has 0 saturated carbocycles. The molecule has 1 rings (SSSR count). The van der Waals surface area contributed by atoms with Gasteiger partial charge in [-0.05, 0) is 39.7 Å². The second-order valence-corrected chi connectivity index (χ2v) is 7.16. The van der Waals surface area contributed by atoms with Crippen LogP contribution in [-0.2, 0) is 10.8 Å². The number of hydrogen-bond donors (Lipinski definition) is 1. The lowest BCUT2D eigenvalue weighted by Crippen LogP contribution is -2.18. The zero-order valence-corrected chi connectivity index (χ0v) is 13.1. The van der Waals surface area contributed by atoms with Crippen molar-refractivity contribution in [2.75, 3.05) is 0 Å². The molecule has 0 atom stereocenters. The van der Waals surface area contributed by atoms with E-state index >= 15 is 0 Å². The van der Waals surface area contributed by atoms with Crippen molar-refractivity contribution < 1.29 is 5.11 Å². The molecule has 0 aliphatic heterocycles. The Bertz CT molecular complexity index is 540. The van der Waals surface area contributed by atoms with Gasteiger partial charge in [0.25, 0.3) is 0 Å². The average Bonchev–Trinajstić information content (AvgIpc) is 2.29. The van der Waals surface area contributed by atoms with E-state index in [1.807, 2.05) is 53.7 Å². The molecule has 0 spiro atoms. The topological polar surface area (TPSA) is 67.8 Å². The number of benzene rings is 1. The van der Waals surface area contributed by atoms with E-state index in [-0.39, 0.29) is 16.6 Å². The van der Waals surface area contributed by atoms with E-state index in [1.165, 1.54) is 0 Å².